The molecule has 15 heavy (non-hydrogen) atoms. The van der Waals surface area contributed by atoms with Crippen molar-refractivity contribution in [1.29, 1.82) is 0 Å². The van der Waals surface area contributed by atoms with Crippen LogP contribution >= 0.6 is 7.82 Å². The zero-order chi connectivity index (χ0) is 12.0. The minimum atomic E-state index is -3.69. The van der Waals surface area contributed by atoms with Crippen molar-refractivity contribution in [2.75, 3.05) is 13.2 Å². The molecule has 0 unspecified atom stereocenters. The topological polar surface area (TPSA) is 76.0 Å². The largest absolute Gasteiger partial charge is 1.00 e. The molecule has 0 saturated carbocycles. The Bertz CT molecular complexity index is 129. The average molecular weight is 284 g/mol. The first kappa shape index (κ1) is 25.7. The number of hydrogen-bond acceptors (Lipinski definition) is 4. The van der Waals surface area contributed by atoms with Crippen molar-refractivity contribution >= 4 is 18.3 Å². The van der Waals surface area contributed by atoms with E-state index in [1.54, 1.807) is 13.8 Å². The van der Waals surface area contributed by atoms with E-state index in [1.165, 1.54) is 0 Å². The fraction of sp³-hybridized carbons (Fsp3) is 0.857. The second-order valence-electron chi connectivity index (χ2n) is 1.80. The Morgan fingerprint density at radius 2 is 1.40 bits per heavy atom. The second kappa shape index (κ2) is 21.2. The maximum absolute atomic E-state index is 10.5. The van der Waals surface area contributed by atoms with Crippen LogP contribution in [0.25, 0.3) is 0 Å². The molecule has 5 nitrogen and oxygen atoms in total. The molecule has 8 heteroatoms. The van der Waals surface area contributed by atoms with E-state index < -0.39 is 7.82 Å². The van der Waals surface area contributed by atoms with E-state index in [1.807, 2.05) is 6.92 Å². The molecule has 0 amide bonds. The Morgan fingerprint density at radius 3 is 1.53 bits per heavy atom. The van der Waals surface area contributed by atoms with E-state index in [0.717, 1.165) is 6.42 Å². The summed E-state index contributed by atoms with van der Waals surface area (Å²) >= 11 is 0. The number of phosphoric ester groups is 1. The molecule has 2 N–H and O–H groups in total. The first-order valence-electron chi connectivity index (χ1n) is 4.39. The summed E-state index contributed by atoms with van der Waals surface area (Å²) in [7, 11) is -3.39. The van der Waals surface area contributed by atoms with Gasteiger partial charge in [-0.05, 0) is 13.8 Å². The summed E-state index contributed by atoms with van der Waals surface area (Å²) in [4.78, 5) is 15.8. The van der Waals surface area contributed by atoms with Gasteiger partial charge < -0.3 is 16.6 Å². The third-order valence-electron chi connectivity index (χ3n) is 0.584. The zero-order valence-electron chi connectivity index (χ0n) is 10.4. The number of rotatable bonds is 4. The molecular weight excluding hydrogens is 262 g/mol. The van der Waals surface area contributed by atoms with Crippen LogP contribution in [0, 0.1) is 6.92 Å². The maximum atomic E-state index is 10.5. The summed E-state index contributed by atoms with van der Waals surface area (Å²) in [5.74, 6) is 0. The van der Waals surface area contributed by atoms with Crippen LogP contribution in [-0.4, -0.2) is 33.4 Å². The van der Waals surface area contributed by atoms with Crippen LogP contribution in [0.2, 0.25) is 0 Å². The van der Waals surface area contributed by atoms with Crippen molar-refractivity contribution < 1.29 is 74.7 Å². The first-order valence-corrected chi connectivity index (χ1v) is 6.78. The smallest absolute Gasteiger partial charge is 0.442 e. The summed E-state index contributed by atoms with van der Waals surface area (Å²) in [6.07, 6.45) is 1.00. The number of hydrogen-bond donors (Lipinski definition) is 2. The van der Waals surface area contributed by atoms with Crippen molar-refractivity contribution in [3.63, 3.8) is 0 Å². The molecule has 0 saturated heterocycles. The Hall–Kier alpha value is 1.92. The Morgan fingerprint density at radius 1 is 1.20 bits per heavy atom. The molecule has 0 radical (unpaired) electrons. The second-order valence-corrected chi connectivity index (χ2v) is 3.26. The average Bonchev–Trinajstić information content (AvgIpc) is 2.08. The van der Waals surface area contributed by atoms with Gasteiger partial charge in [0.2, 0.25) is 0 Å². The van der Waals surface area contributed by atoms with Crippen molar-refractivity contribution in [1.82, 2.24) is 0 Å². The molecule has 0 aliphatic heterocycles. The summed E-state index contributed by atoms with van der Waals surface area (Å²) in [5, 5.41) is 0. The molecule has 0 aromatic heterocycles. The van der Waals surface area contributed by atoms with Crippen LogP contribution in [0.3, 0.4) is 0 Å². The van der Waals surface area contributed by atoms with E-state index in [9.17, 15) is 4.57 Å². The molecular formula is C7H22KO5PSi. The molecule has 0 aromatic carbocycles. The van der Waals surface area contributed by atoms with E-state index >= 15 is 0 Å². The van der Waals surface area contributed by atoms with Gasteiger partial charge in [0.25, 0.3) is 0 Å². The van der Waals surface area contributed by atoms with Crippen LogP contribution in [0.4, 0.5) is 0 Å². The molecule has 0 aromatic rings. The Labute approximate surface area is 139 Å². The number of phosphoric acid groups is 1. The van der Waals surface area contributed by atoms with Crippen LogP contribution in [0.5, 0.6) is 0 Å². The Kier molecular flexibility index (Phi) is 36.4. The quantitative estimate of drug-likeness (QED) is 0.344. The van der Waals surface area contributed by atoms with Gasteiger partial charge in [0.1, 0.15) is 10.5 Å². The molecule has 0 aliphatic carbocycles. The third kappa shape index (κ3) is 31.3. The molecule has 0 spiro atoms. The normalized spacial score (nSPS) is 8.93. The van der Waals surface area contributed by atoms with Crippen LogP contribution in [0.15, 0.2) is 0 Å². The zero-order valence-corrected chi connectivity index (χ0v) is 16.4. The van der Waals surface area contributed by atoms with E-state index in [2.05, 4.69) is 16.0 Å². The predicted molar refractivity (Wildman–Crippen MR) is 60.9 cm³/mol. The standard InChI is InChI=1S/C4H11O4P.C3H7.K.H4OSi/c1-3-7-9(5,6)8-4-2;1-3-2;;1-2/h3-4H2,1-2H3,(H,5,6);1,3H2,2H3;;1H,2H3/q;-1;+1;. The van der Waals surface area contributed by atoms with Gasteiger partial charge in [0, 0.05) is 0 Å². The van der Waals surface area contributed by atoms with Gasteiger partial charge >= 0.3 is 59.2 Å². The van der Waals surface area contributed by atoms with Gasteiger partial charge in [-0.1, -0.05) is 6.92 Å². The van der Waals surface area contributed by atoms with E-state index in [-0.39, 0.29) is 64.6 Å². The molecule has 90 valence electrons. The van der Waals surface area contributed by atoms with Gasteiger partial charge in [-0.3, -0.25) is 9.05 Å². The van der Waals surface area contributed by atoms with Crippen molar-refractivity contribution in [2.24, 2.45) is 0 Å². The van der Waals surface area contributed by atoms with Crippen LogP contribution in [0.1, 0.15) is 27.2 Å². The van der Waals surface area contributed by atoms with Crippen LogP contribution < -0.4 is 51.4 Å². The van der Waals surface area contributed by atoms with Crippen molar-refractivity contribution in [3.8, 4) is 0 Å². The fourth-order valence-corrected chi connectivity index (χ4v) is 1.09. The van der Waals surface area contributed by atoms with Crippen LogP contribution in [-0.2, 0) is 13.6 Å². The molecule has 0 rings (SSSR count). The van der Waals surface area contributed by atoms with Crippen molar-refractivity contribution in [2.45, 2.75) is 27.2 Å². The third-order valence-corrected chi connectivity index (χ3v) is 1.75. The Balaban J connectivity index is -0.0000000867. The molecule has 0 heterocycles. The minimum Gasteiger partial charge on any atom is -0.442 e. The summed E-state index contributed by atoms with van der Waals surface area (Å²) < 4.78 is 19.2. The summed E-state index contributed by atoms with van der Waals surface area (Å²) in [5.41, 5.74) is 0. The van der Waals surface area contributed by atoms with Gasteiger partial charge in [0.15, 0.2) is 0 Å². The molecule has 0 bridgehead atoms. The summed E-state index contributed by atoms with van der Waals surface area (Å²) in [6, 6.07) is 0. The SMILES string of the molecule is CCOP(=O)(O)OCC.O[SiH3].[CH2-]CC.[K+]. The fourth-order valence-electron chi connectivity index (χ4n) is 0.364. The molecule has 0 aliphatic rings. The summed E-state index contributed by atoms with van der Waals surface area (Å²) in [6.45, 7) is 9.13. The monoisotopic (exact) mass is 284 g/mol. The van der Waals surface area contributed by atoms with Gasteiger partial charge in [-0.25, -0.2) is 4.57 Å². The van der Waals surface area contributed by atoms with Crippen molar-refractivity contribution in [3.05, 3.63) is 6.92 Å². The molecule has 0 atom stereocenters. The van der Waals surface area contributed by atoms with E-state index in [0.29, 0.717) is 10.5 Å². The van der Waals surface area contributed by atoms with E-state index in [4.69, 9.17) is 9.69 Å². The molecule has 0 fully saturated rings. The first-order chi connectivity index (χ1) is 6.54. The van der Waals surface area contributed by atoms with Gasteiger partial charge in [0.05, 0.1) is 13.2 Å². The van der Waals surface area contributed by atoms with Gasteiger partial charge in [-0.2, -0.15) is 6.42 Å². The predicted octanol–water partition coefficient (Wildman–Crippen LogP) is -2.35. The van der Waals surface area contributed by atoms with Gasteiger partial charge in [-0.15, -0.1) is 0 Å². The minimum absolute atomic E-state index is 0. The maximum Gasteiger partial charge on any atom is 1.00 e.